The van der Waals surface area contributed by atoms with Gasteiger partial charge >= 0.3 is 0 Å². The van der Waals surface area contributed by atoms with E-state index in [1.165, 1.54) is 10.4 Å². The average Bonchev–Trinajstić information content (AvgIpc) is 3.19. The van der Waals surface area contributed by atoms with Crippen LogP contribution in [0.25, 0.3) is 0 Å². The summed E-state index contributed by atoms with van der Waals surface area (Å²) in [4.78, 5) is 12.6. The third-order valence-electron chi connectivity index (χ3n) is 3.73. The summed E-state index contributed by atoms with van der Waals surface area (Å²) in [5.74, 6) is -0.306. The lowest BCUT2D eigenvalue weighted by atomic mass is 10.2. The highest BCUT2D eigenvalue weighted by molar-refractivity contribution is 14.1. The van der Waals surface area contributed by atoms with Gasteiger partial charge < -0.3 is 5.32 Å². The molecule has 1 unspecified atom stereocenters. The van der Waals surface area contributed by atoms with Crippen LogP contribution in [-0.2, 0) is 14.8 Å². The third-order valence-corrected chi connectivity index (χ3v) is 8.06. The van der Waals surface area contributed by atoms with Crippen LogP contribution < -0.4 is 5.32 Å². The maximum atomic E-state index is 12.8. The second-order valence-corrected chi connectivity index (χ2v) is 10.4. The number of carbonyl (C=O) groups is 1. The van der Waals surface area contributed by atoms with Crippen molar-refractivity contribution in [3.05, 3.63) is 44.3 Å². The first-order chi connectivity index (χ1) is 11.4. The number of rotatable bonds is 4. The number of benzene rings is 1. The Hall–Kier alpha value is -0.680. The van der Waals surface area contributed by atoms with Gasteiger partial charge in [-0.2, -0.15) is 4.31 Å². The second-order valence-electron chi connectivity index (χ2n) is 5.33. The number of thiophene rings is 1. The Morgan fingerprint density at radius 2 is 1.96 bits per heavy atom. The summed E-state index contributed by atoms with van der Waals surface area (Å²) in [6, 6.07) is 9.69. The van der Waals surface area contributed by atoms with Crippen molar-refractivity contribution < 1.29 is 13.2 Å². The number of hydrogen-bond acceptors (Lipinski definition) is 4. The van der Waals surface area contributed by atoms with Crippen LogP contribution in [0, 0.1) is 3.57 Å². The smallest absolute Gasteiger partial charge is 0.253 e. The fourth-order valence-corrected chi connectivity index (χ4v) is 6.23. The number of amides is 1. The molecule has 3 rings (SSSR count). The van der Waals surface area contributed by atoms with Crippen molar-refractivity contribution >= 4 is 67.1 Å². The molecule has 128 valence electrons. The van der Waals surface area contributed by atoms with Gasteiger partial charge in [0.25, 0.3) is 10.0 Å². The van der Waals surface area contributed by atoms with Crippen molar-refractivity contribution in [3.63, 3.8) is 0 Å². The lowest BCUT2D eigenvalue weighted by Crippen LogP contribution is -2.42. The van der Waals surface area contributed by atoms with Gasteiger partial charge in [0, 0.05) is 15.8 Å². The van der Waals surface area contributed by atoms with Crippen molar-refractivity contribution in [1.29, 1.82) is 0 Å². The summed E-state index contributed by atoms with van der Waals surface area (Å²) in [6.07, 6.45) is 1.16. The number of anilines is 1. The highest BCUT2D eigenvalue weighted by atomic mass is 127. The predicted molar refractivity (Wildman–Crippen MR) is 104 cm³/mol. The van der Waals surface area contributed by atoms with Crippen LogP contribution in [0.3, 0.4) is 0 Å². The molecule has 1 aromatic carbocycles. The van der Waals surface area contributed by atoms with Gasteiger partial charge in [-0.3, -0.25) is 4.79 Å². The van der Waals surface area contributed by atoms with Crippen LogP contribution in [-0.4, -0.2) is 31.2 Å². The molecule has 0 radical (unpaired) electrons. The van der Waals surface area contributed by atoms with Crippen LogP contribution in [0.15, 0.2) is 40.6 Å². The molecule has 1 aromatic heterocycles. The van der Waals surface area contributed by atoms with Crippen molar-refractivity contribution in [1.82, 2.24) is 4.31 Å². The summed E-state index contributed by atoms with van der Waals surface area (Å²) in [5, 5.41) is 2.80. The van der Waals surface area contributed by atoms with Crippen molar-refractivity contribution in [2.45, 2.75) is 23.1 Å². The van der Waals surface area contributed by atoms with Crippen molar-refractivity contribution in [2.24, 2.45) is 0 Å². The number of carbonyl (C=O) groups excluding carboxylic acids is 1. The Labute approximate surface area is 163 Å². The molecule has 0 saturated carbocycles. The zero-order valence-electron chi connectivity index (χ0n) is 12.4. The number of halogens is 2. The maximum absolute atomic E-state index is 12.8. The molecule has 1 aliphatic rings. The topological polar surface area (TPSA) is 66.5 Å². The van der Waals surface area contributed by atoms with Gasteiger partial charge in [-0.05, 0) is 71.8 Å². The number of sulfonamides is 1. The van der Waals surface area contributed by atoms with E-state index >= 15 is 0 Å². The Morgan fingerprint density at radius 3 is 2.58 bits per heavy atom. The van der Waals surface area contributed by atoms with Gasteiger partial charge in [-0.1, -0.05) is 11.6 Å². The van der Waals surface area contributed by atoms with E-state index in [9.17, 15) is 13.2 Å². The van der Waals surface area contributed by atoms with Crippen LogP contribution in [0.5, 0.6) is 0 Å². The minimum atomic E-state index is -3.71. The molecule has 1 amide bonds. The van der Waals surface area contributed by atoms with Crippen LogP contribution in [0.2, 0.25) is 4.34 Å². The van der Waals surface area contributed by atoms with Gasteiger partial charge in [-0.25, -0.2) is 8.42 Å². The van der Waals surface area contributed by atoms with E-state index in [-0.39, 0.29) is 10.1 Å². The summed E-state index contributed by atoms with van der Waals surface area (Å²) >= 11 is 9.03. The van der Waals surface area contributed by atoms with E-state index in [0.717, 1.165) is 14.9 Å². The lowest BCUT2D eigenvalue weighted by molar-refractivity contribution is -0.119. The maximum Gasteiger partial charge on any atom is 0.253 e. The molecule has 0 bridgehead atoms. The molecule has 9 heteroatoms. The lowest BCUT2D eigenvalue weighted by Gasteiger charge is -2.22. The molecule has 0 aliphatic carbocycles. The Bertz CT molecular complexity index is 852. The first-order valence-electron chi connectivity index (χ1n) is 7.21. The second kappa shape index (κ2) is 7.28. The Kier molecular flexibility index (Phi) is 5.50. The average molecular weight is 497 g/mol. The van der Waals surface area contributed by atoms with E-state index in [2.05, 4.69) is 27.9 Å². The quantitative estimate of drug-likeness (QED) is 0.655. The molecule has 2 heterocycles. The van der Waals surface area contributed by atoms with Crippen molar-refractivity contribution in [3.8, 4) is 0 Å². The monoisotopic (exact) mass is 496 g/mol. The first-order valence-corrected chi connectivity index (χ1v) is 10.9. The van der Waals surface area contributed by atoms with E-state index in [1.54, 1.807) is 18.2 Å². The highest BCUT2D eigenvalue weighted by Gasteiger charge is 2.40. The Morgan fingerprint density at radius 1 is 1.25 bits per heavy atom. The molecule has 5 nitrogen and oxygen atoms in total. The van der Waals surface area contributed by atoms with E-state index in [1.807, 2.05) is 12.1 Å². The van der Waals surface area contributed by atoms with Gasteiger partial charge in [0.1, 0.15) is 10.3 Å². The molecule has 1 saturated heterocycles. The van der Waals surface area contributed by atoms with Crippen molar-refractivity contribution in [2.75, 3.05) is 11.9 Å². The van der Waals surface area contributed by atoms with Crippen LogP contribution in [0.4, 0.5) is 5.69 Å². The molecule has 2 aromatic rings. The number of nitrogens with zero attached hydrogens (tertiary/aromatic N) is 1. The van der Waals surface area contributed by atoms with E-state index in [0.29, 0.717) is 29.4 Å². The first kappa shape index (κ1) is 18.1. The van der Waals surface area contributed by atoms with Gasteiger partial charge in [0.2, 0.25) is 5.91 Å². The zero-order chi connectivity index (χ0) is 17.3. The predicted octanol–water partition coefficient (Wildman–Crippen LogP) is 3.80. The normalized spacial score (nSPS) is 18.7. The van der Waals surface area contributed by atoms with Crippen LogP contribution >= 0.6 is 45.5 Å². The largest absolute Gasteiger partial charge is 0.325 e. The minimum Gasteiger partial charge on any atom is -0.325 e. The molecule has 0 spiro atoms. The SMILES string of the molecule is O=C(Nc1ccc(I)cc1)C1CCCN1S(=O)(=O)c1ccc(Cl)s1. The summed E-state index contributed by atoms with van der Waals surface area (Å²) in [7, 11) is -3.71. The minimum absolute atomic E-state index is 0.168. The number of nitrogens with one attached hydrogen (secondary N) is 1. The highest BCUT2D eigenvalue weighted by Crippen LogP contribution is 2.32. The molecular weight excluding hydrogens is 483 g/mol. The summed E-state index contributed by atoms with van der Waals surface area (Å²) in [5.41, 5.74) is 0.656. The fourth-order valence-electron chi connectivity index (χ4n) is 2.60. The Balaban J connectivity index is 1.80. The standard InChI is InChI=1S/C15H14ClIN2O3S2/c16-13-7-8-14(23-13)24(21,22)19-9-1-2-12(19)15(20)18-11-5-3-10(17)4-6-11/h3-8,12H,1-2,9H2,(H,18,20). The number of hydrogen-bond donors (Lipinski definition) is 1. The molecule has 1 N–H and O–H groups in total. The molecule has 1 aliphatic heterocycles. The summed E-state index contributed by atoms with van der Waals surface area (Å²) in [6.45, 7) is 0.336. The van der Waals surface area contributed by atoms with E-state index in [4.69, 9.17) is 11.6 Å². The van der Waals surface area contributed by atoms with Gasteiger partial charge in [-0.15, -0.1) is 11.3 Å². The molecular formula is C15H14ClIN2O3S2. The molecule has 24 heavy (non-hydrogen) atoms. The van der Waals surface area contributed by atoms with E-state index < -0.39 is 16.1 Å². The van der Waals surface area contributed by atoms with Gasteiger partial charge in [0.05, 0.1) is 4.34 Å². The molecule has 1 fully saturated rings. The third kappa shape index (κ3) is 3.77. The fraction of sp³-hybridized carbons (Fsp3) is 0.267. The van der Waals surface area contributed by atoms with Crippen LogP contribution in [0.1, 0.15) is 12.8 Å². The zero-order valence-corrected chi connectivity index (χ0v) is 17.0. The molecule has 1 atom stereocenters. The summed E-state index contributed by atoms with van der Waals surface area (Å²) < 4.78 is 28.4. The van der Waals surface area contributed by atoms with Gasteiger partial charge in [0.15, 0.2) is 0 Å².